The molecule has 0 aliphatic rings. The molecular formula is C13H21ClOSi. The molecule has 0 aromatic heterocycles. The topological polar surface area (TPSA) is 9.23 Å². The van der Waals surface area contributed by atoms with Gasteiger partial charge in [-0.25, -0.2) is 0 Å². The summed E-state index contributed by atoms with van der Waals surface area (Å²) in [7, 11) is -0.135. The van der Waals surface area contributed by atoms with Crippen molar-refractivity contribution in [2.24, 2.45) is 0 Å². The van der Waals surface area contributed by atoms with Crippen molar-refractivity contribution < 1.29 is 4.74 Å². The Bertz CT molecular complexity index is 342. The average molecular weight is 257 g/mol. The third kappa shape index (κ3) is 2.80. The summed E-state index contributed by atoms with van der Waals surface area (Å²) in [5.74, 6) is 0.974. The van der Waals surface area contributed by atoms with Gasteiger partial charge in [-0.05, 0) is 16.2 Å². The number of benzene rings is 1. The van der Waals surface area contributed by atoms with Crippen LogP contribution < -0.4 is 9.92 Å². The van der Waals surface area contributed by atoms with Gasteiger partial charge < -0.3 is 4.74 Å². The van der Waals surface area contributed by atoms with Crippen LogP contribution in [0.5, 0.6) is 5.75 Å². The zero-order valence-corrected chi connectivity index (χ0v) is 12.8. The standard InChI is InChI=1S/C13H21ClOSi/c1-13(2,3)10-8-7-9-11(12(10)15-4)16(5,6)14/h7-9H,1-6H3. The summed E-state index contributed by atoms with van der Waals surface area (Å²) in [5, 5.41) is 1.18. The number of rotatable bonds is 2. The number of ether oxygens (including phenoxy) is 1. The highest BCUT2D eigenvalue weighted by atomic mass is 35.6. The Kier molecular flexibility index (Phi) is 3.75. The van der Waals surface area contributed by atoms with Gasteiger partial charge in [0.2, 0.25) is 0 Å². The minimum atomic E-state index is -1.86. The summed E-state index contributed by atoms with van der Waals surface area (Å²) in [6, 6.07) is 6.29. The van der Waals surface area contributed by atoms with Gasteiger partial charge in [0.1, 0.15) is 5.75 Å². The fourth-order valence-electron chi connectivity index (χ4n) is 1.82. The van der Waals surface area contributed by atoms with E-state index in [1.165, 1.54) is 10.8 Å². The van der Waals surface area contributed by atoms with Crippen molar-refractivity contribution in [2.45, 2.75) is 39.3 Å². The lowest BCUT2D eigenvalue weighted by Crippen LogP contribution is -2.37. The molecule has 0 spiro atoms. The number of methoxy groups -OCH3 is 1. The van der Waals surface area contributed by atoms with Gasteiger partial charge in [-0.2, -0.15) is 11.1 Å². The Hall–Kier alpha value is -0.473. The number of halogens is 1. The number of hydrogen-bond acceptors (Lipinski definition) is 1. The Morgan fingerprint density at radius 3 is 2.12 bits per heavy atom. The molecule has 0 bridgehead atoms. The normalized spacial score (nSPS) is 12.7. The molecule has 1 aromatic rings. The van der Waals surface area contributed by atoms with Crippen LogP contribution >= 0.6 is 11.1 Å². The maximum atomic E-state index is 6.52. The Labute approximate surface area is 104 Å². The highest BCUT2D eigenvalue weighted by Gasteiger charge is 2.28. The molecule has 0 heterocycles. The Morgan fingerprint density at radius 2 is 1.75 bits per heavy atom. The van der Waals surface area contributed by atoms with Crippen LogP contribution in [0, 0.1) is 0 Å². The zero-order valence-electron chi connectivity index (χ0n) is 11.0. The van der Waals surface area contributed by atoms with E-state index in [4.69, 9.17) is 15.8 Å². The van der Waals surface area contributed by atoms with E-state index >= 15 is 0 Å². The van der Waals surface area contributed by atoms with Gasteiger partial charge in [0, 0.05) is 0 Å². The van der Waals surface area contributed by atoms with Gasteiger partial charge in [-0.3, -0.25) is 0 Å². The SMILES string of the molecule is COc1c(C(C)(C)C)cccc1[Si](C)(C)Cl. The second kappa shape index (κ2) is 4.42. The molecule has 0 amide bonds. The highest BCUT2D eigenvalue weighted by molar-refractivity contribution is 7.26. The lowest BCUT2D eigenvalue weighted by molar-refractivity contribution is 0.401. The van der Waals surface area contributed by atoms with E-state index in [1.54, 1.807) is 7.11 Å². The van der Waals surface area contributed by atoms with Crippen molar-refractivity contribution in [2.75, 3.05) is 7.11 Å². The minimum Gasteiger partial charge on any atom is -0.497 e. The molecule has 0 aliphatic carbocycles. The van der Waals surface area contributed by atoms with Crippen LogP contribution in [-0.2, 0) is 5.41 Å². The molecular weight excluding hydrogens is 236 g/mol. The fourth-order valence-corrected chi connectivity index (χ4v) is 3.53. The van der Waals surface area contributed by atoms with E-state index in [2.05, 4.69) is 52.1 Å². The molecule has 0 unspecified atom stereocenters. The minimum absolute atomic E-state index is 0.0812. The molecule has 0 aliphatic heterocycles. The molecule has 0 saturated carbocycles. The molecule has 0 atom stereocenters. The van der Waals surface area contributed by atoms with E-state index in [-0.39, 0.29) is 5.41 Å². The van der Waals surface area contributed by atoms with E-state index < -0.39 is 7.38 Å². The molecule has 1 nitrogen and oxygen atoms in total. The quantitative estimate of drug-likeness (QED) is 0.580. The molecule has 3 heteroatoms. The first-order valence-electron chi connectivity index (χ1n) is 5.55. The van der Waals surface area contributed by atoms with Crippen LogP contribution in [0.2, 0.25) is 13.1 Å². The van der Waals surface area contributed by atoms with Gasteiger partial charge in [0.05, 0.1) is 7.11 Å². The maximum absolute atomic E-state index is 6.52. The Balaban J connectivity index is 3.45. The van der Waals surface area contributed by atoms with Gasteiger partial charge in [0.25, 0.3) is 0 Å². The first kappa shape index (κ1) is 13.6. The van der Waals surface area contributed by atoms with Gasteiger partial charge >= 0.3 is 0 Å². The third-order valence-electron chi connectivity index (χ3n) is 2.67. The Morgan fingerprint density at radius 1 is 1.19 bits per heavy atom. The van der Waals surface area contributed by atoms with Crippen LogP contribution in [0.1, 0.15) is 26.3 Å². The van der Waals surface area contributed by atoms with E-state index in [1.807, 2.05) is 0 Å². The highest BCUT2D eigenvalue weighted by Crippen LogP contribution is 2.31. The molecule has 0 N–H and O–H groups in total. The molecule has 16 heavy (non-hydrogen) atoms. The lowest BCUT2D eigenvalue weighted by Gasteiger charge is -2.26. The largest absolute Gasteiger partial charge is 0.497 e. The first-order chi connectivity index (χ1) is 7.18. The van der Waals surface area contributed by atoms with Crippen molar-refractivity contribution >= 4 is 23.6 Å². The fraction of sp³-hybridized carbons (Fsp3) is 0.538. The summed E-state index contributed by atoms with van der Waals surface area (Å²) in [6.45, 7) is 10.8. The third-order valence-corrected chi connectivity index (χ3v) is 4.95. The summed E-state index contributed by atoms with van der Waals surface area (Å²) in [5.41, 5.74) is 1.31. The van der Waals surface area contributed by atoms with Gasteiger partial charge in [-0.15, -0.1) is 0 Å². The monoisotopic (exact) mass is 256 g/mol. The first-order valence-corrected chi connectivity index (χ1v) is 9.56. The molecule has 1 aromatic carbocycles. The van der Waals surface area contributed by atoms with Crippen molar-refractivity contribution in [3.05, 3.63) is 23.8 Å². The predicted octanol–water partition coefficient (Wildman–Crippen LogP) is 3.64. The molecule has 0 radical (unpaired) electrons. The van der Waals surface area contributed by atoms with E-state index in [9.17, 15) is 0 Å². The predicted molar refractivity (Wildman–Crippen MR) is 74.7 cm³/mol. The van der Waals surface area contributed by atoms with Crippen LogP contribution in [-0.4, -0.2) is 14.5 Å². The van der Waals surface area contributed by atoms with E-state index in [0.29, 0.717) is 0 Å². The van der Waals surface area contributed by atoms with Crippen LogP contribution in [0.3, 0.4) is 0 Å². The van der Waals surface area contributed by atoms with Crippen LogP contribution in [0.15, 0.2) is 18.2 Å². The van der Waals surface area contributed by atoms with E-state index in [0.717, 1.165) is 5.75 Å². The smallest absolute Gasteiger partial charge is 0.185 e. The average Bonchev–Trinajstić information content (AvgIpc) is 2.13. The van der Waals surface area contributed by atoms with Crippen molar-refractivity contribution in [3.8, 4) is 5.75 Å². The molecule has 0 fully saturated rings. The zero-order chi connectivity index (χ0) is 12.6. The molecule has 90 valence electrons. The molecule has 1 rings (SSSR count). The summed E-state index contributed by atoms with van der Waals surface area (Å²) < 4.78 is 5.58. The number of para-hydroxylation sites is 1. The lowest BCUT2D eigenvalue weighted by atomic mass is 9.86. The molecule has 0 saturated heterocycles. The van der Waals surface area contributed by atoms with Crippen molar-refractivity contribution in [1.82, 2.24) is 0 Å². The second-order valence-electron chi connectivity index (χ2n) is 5.61. The summed E-state index contributed by atoms with van der Waals surface area (Å²) in [4.78, 5) is 0. The van der Waals surface area contributed by atoms with Crippen molar-refractivity contribution in [1.29, 1.82) is 0 Å². The van der Waals surface area contributed by atoms with Gasteiger partial charge in [0.15, 0.2) is 7.38 Å². The van der Waals surface area contributed by atoms with Crippen LogP contribution in [0.4, 0.5) is 0 Å². The summed E-state index contributed by atoms with van der Waals surface area (Å²) >= 11 is 6.52. The number of hydrogen-bond donors (Lipinski definition) is 0. The van der Waals surface area contributed by atoms with Crippen molar-refractivity contribution in [3.63, 3.8) is 0 Å². The maximum Gasteiger partial charge on any atom is 0.185 e. The van der Waals surface area contributed by atoms with Crippen LogP contribution in [0.25, 0.3) is 0 Å². The van der Waals surface area contributed by atoms with Gasteiger partial charge in [-0.1, -0.05) is 52.1 Å². The summed E-state index contributed by atoms with van der Waals surface area (Å²) in [6.07, 6.45) is 0. The second-order valence-corrected chi connectivity index (χ2v) is 11.9.